The molecule has 0 amide bonds. The number of esters is 2. The molecule has 0 spiro atoms. The first kappa shape index (κ1) is 17.6. The standard InChI is InChI=1S/C19H20N2O5/c1-12(16-9-6-10-24-16)21-15-8-5-4-7-14(15)20-11-13-17(22)25-19(2,3)26-18(13)23/h4-12,20-21H,1-3H3. The van der Waals surface area contributed by atoms with Crippen LogP contribution in [0.1, 0.15) is 32.6 Å². The van der Waals surface area contributed by atoms with E-state index in [0.29, 0.717) is 5.69 Å². The van der Waals surface area contributed by atoms with Crippen LogP contribution in [0.25, 0.3) is 0 Å². The Morgan fingerprint density at radius 1 is 1.00 bits per heavy atom. The Labute approximate surface area is 151 Å². The maximum absolute atomic E-state index is 12.0. The van der Waals surface area contributed by atoms with Gasteiger partial charge >= 0.3 is 11.9 Å². The lowest BCUT2D eigenvalue weighted by atomic mass is 10.2. The van der Waals surface area contributed by atoms with Crippen LogP contribution in [0.5, 0.6) is 0 Å². The van der Waals surface area contributed by atoms with Crippen LogP contribution in [-0.4, -0.2) is 17.7 Å². The maximum atomic E-state index is 12.0. The summed E-state index contributed by atoms with van der Waals surface area (Å²) < 4.78 is 15.5. The molecule has 26 heavy (non-hydrogen) atoms. The van der Waals surface area contributed by atoms with E-state index in [1.54, 1.807) is 6.26 Å². The van der Waals surface area contributed by atoms with Crippen LogP contribution in [0.3, 0.4) is 0 Å². The zero-order valence-electron chi connectivity index (χ0n) is 14.7. The van der Waals surface area contributed by atoms with E-state index in [1.165, 1.54) is 20.0 Å². The summed E-state index contributed by atoms with van der Waals surface area (Å²) in [5, 5.41) is 6.28. The molecule has 1 saturated heterocycles. The van der Waals surface area contributed by atoms with Crippen LogP contribution in [0.15, 0.2) is 58.9 Å². The first-order chi connectivity index (χ1) is 12.4. The number of anilines is 2. The van der Waals surface area contributed by atoms with Crippen molar-refractivity contribution < 1.29 is 23.5 Å². The van der Waals surface area contributed by atoms with Gasteiger partial charge in [-0.3, -0.25) is 0 Å². The Bertz CT molecular complexity index is 817. The van der Waals surface area contributed by atoms with Gasteiger partial charge in [-0.05, 0) is 31.2 Å². The fourth-order valence-electron chi connectivity index (χ4n) is 2.51. The molecule has 0 aliphatic carbocycles. The van der Waals surface area contributed by atoms with Gasteiger partial charge in [0.1, 0.15) is 5.76 Å². The van der Waals surface area contributed by atoms with Gasteiger partial charge < -0.3 is 24.5 Å². The van der Waals surface area contributed by atoms with Gasteiger partial charge in [-0.15, -0.1) is 0 Å². The van der Waals surface area contributed by atoms with Crippen LogP contribution in [-0.2, 0) is 19.1 Å². The second-order valence-electron chi connectivity index (χ2n) is 6.31. The van der Waals surface area contributed by atoms with E-state index in [9.17, 15) is 9.59 Å². The van der Waals surface area contributed by atoms with E-state index in [1.807, 2.05) is 43.3 Å². The predicted octanol–water partition coefficient (Wildman–Crippen LogP) is 3.58. The van der Waals surface area contributed by atoms with Gasteiger partial charge in [0.2, 0.25) is 0 Å². The predicted molar refractivity (Wildman–Crippen MR) is 95.2 cm³/mol. The Balaban J connectivity index is 1.76. The number of benzene rings is 1. The molecule has 2 N–H and O–H groups in total. The average Bonchev–Trinajstić information content (AvgIpc) is 3.09. The van der Waals surface area contributed by atoms with Crippen molar-refractivity contribution >= 4 is 23.3 Å². The fourth-order valence-corrected chi connectivity index (χ4v) is 2.51. The number of hydrogen-bond acceptors (Lipinski definition) is 7. The van der Waals surface area contributed by atoms with Crippen molar-refractivity contribution in [2.45, 2.75) is 32.6 Å². The van der Waals surface area contributed by atoms with Crippen LogP contribution < -0.4 is 10.6 Å². The fraction of sp³-hybridized carbons (Fsp3) is 0.263. The lowest BCUT2D eigenvalue weighted by Gasteiger charge is -2.29. The molecule has 2 aromatic rings. The average molecular weight is 356 g/mol. The molecule has 2 heterocycles. The molecule has 1 fully saturated rings. The first-order valence-electron chi connectivity index (χ1n) is 8.18. The third-order valence-electron chi connectivity index (χ3n) is 3.76. The van der Waals surface area contributed by atoms with Crippen molar-refractivity contribution in [1.82, 2.24) is 0 Å². The normalized spacial score (nSPS) is 17.1. The molecule has 1 aliphatic rings. The minimum Gasteiger partial charge on any atom is -0.467 e. The molecule has 0 bridgehead atoms. The zero-order valence-corrected chi connectivity index (χ0v) is 14.7. The van der Waals surface area contributed by atoms with Gasteiger partial charge in [0.15, 0.2) is 5.57 Å². The topological polar surface area (TPSA) is 89.8 Å². The molecule has 1 aromatic heterocycles. The molecule has 1 atom stereocenters. The summed E-state index contributed by atoms with van der Waals surface area (Å²) in [4.78, 5) is 24.0. The number of cyclic esters (lactones) is 2. The molecule has 0 saturated carbocycles. The van der Waals surface area contributed by atoms with Crippen molar-refractivity contribution in [1.29, 1.82) is 0 Å². The molecule has 7 nitrogen and oxygen atoms in total. The van der Waals surface area contributed by atoms with Crippen LogP contribution in [0, 0.1) is 0 Å². The van der Waals surface area contributed by atoms with Gasteiger partial charge in [-0.1, -0.05) is 12.1 Å². The maximum Gasteiger partial charge on any atom is 0.350 e. The lowest BCUT2D eigenvalue weighted by Crippen LogP contribution is -2.42. The minimum atomic E-state index is -1.26. The monoisotopic (exact) mass is 356 g/mol. The van der Waals surface area contributed by atoms with E-state index in [2.05, 4.69) is 10.6 Å². The first-order valence-corrected chi connectivity index (χ1v) is 8.18. The molecule has 3 rings (SSSR count). The number of furan rings is 1. The van der Waals surface area contributed by atoms with Crippen molar-refractivity contribution in [3.8, 4) is 0 Å². The van der Waals surface area contributed by atoms with Crippen molar-refractivity contribution in [2.75, 3.05) is 10.6 Å². The molecule has 136 valence electrons. The highest BCUT2D eigenvalue weighted by atomic mass is 16.7. The van der Waals surface area contributed by atoms with Gasteiger partial charge in [-0.25, -0.2) is 9.59 Å². The molecule has 1 aromatic carbocycles. The number of nitrogens with one attached hydrogen (secondary N) is 2. The number of ether oxygens (including phenoxy) is 2. The summed E-state index contributed by atoms with van der Waals surface area (Å²) in [6.45, 7) is 4.97. The quantitative estimate of drug-likeness (QED) is 0.481. The Hall–Kier alpha value is -3.22. The largest absolute Gasteiger partial charge is 0.467 e. The summed E-state index contributed by atoms with van der Waals surface area (Å²) in [5.74, 6) is -1.93. The number of carbonyl (C=O) groups is 2. The minimum absolute atomic E-state index is 0.0639. The summed E-state index contributed by atoms with van der Waals surface area (Å²) in [5.41, 5.74) is 1.27. The zero-order chi connectivity index (χ0) is 18.7. The van der Waals surface area contributed by atoms with Crippen LogP contribution in [0.2, 0.25) is 0 Å². The van der Waals surface area contributed by atoms with Gasteiger partial charge in [0.25, 0.3) is 5.79 Å². The third kappa shape index (κ3) is 3.88. The highest BCUT2D eigenvalue weighted by molar-refractivity contribution is 6.15. The summed E-state index contributed by atoms with van der Waals surface area (Å²) >= 11 is 0. The summed E-state index contributed by atoms with van der Waals surface area (Å²) in [6, 6.07) is 11.0. The smallest absolute Gasteiger partial charge is 0.350 e. The van der Waals surface area contributed by atoms with Crippen molar-refractivity contribution in [3.63, 3.8) is 0 Å². The SMILES string of the molecule is CC(Nc1ccccc1NC=C1C(=O)OC(C)(C)OC1=O)c1ccco1. The van der Waals surface area contributed by atoms with Crippen LogP contribution >= 0.6 is 0 Å². The molecular weight excluding hydrogens is 336 g/mol. The summed E-state index contributed by atoms with van der Waals surface area (Å²) in [7, 11) is 0. The van der Waals surface area contributed by atoms with E-state index in [0.717, 1.165) is 11.4 Å². The number of carbonyl (C=O) groups excluding carboxylic acids is 2. The number of hydrogen-bond donors (Lipinski definition) is 2. The molecule has 0 radical (unpaired) electrons. The van der Waals surface area contributed by atoms with E-state index < -0.39 is 17.7 Å². The van der Waals surface area contributed by atoms with Crippen molar-refractivity contribution in [3.05, 3.63) is 60.2 Å². The highest BCUT2D eigenvalue weighted by Crippen LogP contribution is 2.27. The van der Waals surface area contributed by atoms with Crippen molar-refractivity contribution in [2.24, 2.45) is 0 Å². The lowest BCUT2D eigenvalue weighted by molar-refractivity contribution is -0.222. The second-order valence-corrected chi connectivity index (χ2v) is 6.31. The Kier molecular flexibility index (Phi) is 4.71. The third-order valence-corrected chi connectivity index (χ3v) is 3.76. The van der Waals surface area contributed by atoms with E-state index >= 15 is 0 Å². The van der Waals surface area contributed by atoms with E-state index in [-0.39, 0.29) is 11.6 Å². The molecular formula is C19H20N2O5. The second kappa shape index (κ2) is 6.95. The van der Waals surface area contributed by atoms with Crippen LogP contribution in [0.4, 0.5) is 11.4 Å². The van der Waals surface area contributed by atoms with E-state index in [4.69, 9.17) is 13.9 Å². The number of para-hydroxylation sites is 2. The molecule has 1 unspecified atom stereocenters. The number of rotatable bonds is 5. The summed E-state index contributed by atoms with van der Waals surface area (Å²) in [6.07, 6.45) is 2.90. The van der Waals surface area contributed by atoms with Gasteiger partial charge in [0.05, 0.1) is 23.7 Å². The molecule has 7 heteroatoms. The Morgan fingerprint density at radius 2 is 1.65 bits per heavy atom. The highest BCUT2D eigenvalue weighted by Gasteiger charge is 2.38. The molecule has 1 aliphatic heterocycles. The Morgan fingerprint density at radius 3 is 2.27 bits per heavy atom. The van der Waals surface area contributed by atoms with Gasteiger partial charge in [-0.2, -0.15) is 0 Å². The van der Waals surface area contributed by atoms with Gasteiger partial charge in [0, 0.05) is 20.0 Å².